The molecular weight excluding hydrogens is 312 g/mol. The normalized spacial score (nSPS) is 12.0. The van der Waals surface area contributed by atoms with Gasteiger partial charge in [-0.15, -0.1) is 0 Å². The smallest absolute Gasteiger partial charge is 0.303 e. The molecule has 0 aliphatic heterocycles. The Balaban J connectivity index is 2.91. The first kappa shape index (κ1) is 17.9. The quantitative estimate of drug-likeness (QED) is 0.569. The predicted octanol–water partition coefficient (Wildman–Crippen LogP) is 0.869. The van der Waals surface area contributed by atoms with Crippen LogP contribution in [0.15, 0.2) is 23.1 Å². The van der Waals surface area contributed by atoms with Gasteiger partial charge < -0.3 is 15.5 Å². The molecule has 0 radical (unpaired) electrons. The van der Waals surface area contributed by atoms with Crippen LogP contribution in [0.25, 0.3) is 0 Å². The summed E-state index contributed by atoms with van der Waals surface area (Å²) in [5.41, 5.74) is -0.897. The molecule has 22 heavy (non-hydrogen) atoms. The fraction of sp³-hybridized carbons (Fsp3) is 0.385. The Kier molecular flexibility index (Phi) is 5.15. The van der Waals surface area contributed by atoms with Gasteiger partial charge in [-0.25, -0.2) is 13.6 Å². The maximum Gasteiger partial charge on any atom is 0.303 e. The van der Waals surface area contributed by atoms with Gasteiger partial charge in [0.05, 0.1) is 17.0 Å². The predicted molar refractivity (Wildman–Crippen MR) is 78.8 cm³/mol. The number of nitrogens with two attached hydrogens (primary N) is 1. The molecule has 1 aromatic carbocycles. The van der Waals surface area contributed by atoms with E-state index in [0.717, 1.165) is 18.2 Å². The molecule has 5 N–H and O–H groups in total. The fourth-order valence-corrected chi connectivity index (χ4v) is 2.43. The third-order valence-electron chi connectivity index (χ3n) is 2.84. The Hall–Kier alpha value is -2.13. The molecule has 0 unspecified atom stereocenters. The third kappa shape index (κ3) is 5.34. The summed E-state index contributed by atoms with van der Waals surface area (Å²) in [6.07, 6.45) is -0.317. The van der Waals surface area contributed by atoms with E-state index in [1.54, 1.807) is 13.8 Å². The minimum absolute atomic E-state index is 0.109. The molecule has 0 atom stereocenters. The number of phenolic OH excluding ortho intramolecular Hbond substituents is 1. The minimum atomic E-state index is -3.97. The standard InChI is InChI=1S/C13H18N2O6S/c1-13(2,7-12(18)19)6-11(17)15-9-5-8(22(14,20)21)3-4-10(9)16/h3-5,16H,6-7H2,1-2H3,(H,15,17)(H,18,19)(H2,14,20,21). The van der Waals surface area contributed by atoms with Crippen molar-refractivity contribution in [2.75, 3.05) is 5.32 Å². The third-order valence-corrected chi connectivity index (χ3v) is 3.75. The van der Waals surface area contributed by atoms with Crippen LogP contribution in [0.3, 0.4) is 0 Å². The summed E-state index contributed by atoms with van der Waals surface area (Å²) >= 11 is 0. The van der Waals surface area contributed by atoms with Gasteiger partial charge in [-0.2, -0.15) is 0 Å². The number of aromatic hydroxyl groups is 1. The number of anilines is 1. The number of carboxylic acid groups (broad SMARTS) is 1. The highest BCUT2D eigenvalue weighted by atomic mass is 32.2. The number of phenols is 1. The van der Waals surface area contributed by atoms with Gasteiger partial charge in [0.1, 0.15) is 5.75 Å². The van der Waals surface area contributed by atoms with Crippen molar-refractivity contribution in [1.29, 1.82) is 0 Å². The van der Waals surface area contributed by atoms with Gasteiger partial charge in [-0.3, -0.25) is 9.59 Å². The number of carbonyl (C=O) groups is 2. The van der Waals surface area contributed by atoms with Gasteiger partial charge in [0.2, 0.25) is 15.9 Å². The number of hydrogen-bond acceptors (Lipinski definition) is 5. The van der Waals surface area contributed by atoms with Crippen molar-refractivity contribution >= 4 is 27.6 Å². The Morgan fingerprint density at radius 1 is 1.27 bits per heavy atom. The lowest BCUT2D eigenvalue weighted by atomic mass is 9.85. The van der Waals surface area contributed by atoms with E-state index in [0.29, 0.717) is 0 Å². The summed E-state index contributed by atoms with van der Waals surface area (Å²) in [5.74, 6) is -1.90. The van der Waals surface area contributed by atoms with Crippen molar-refractivity contribution in [3.8, 4) is 5.75 Å². The number of benzene rings is 1. The summed E-state index contributed by atoms with van der Waals surface area (Å²) in [7, 11) is -3.97. The molecule has 1 rings (SSSR count). The highest BCUT2D eigenvalue weighted by Crippen LogP contribution is 2.29. The average molecular weight is 330 g/mol. The molecule has 0 heterocycles. The van der Waals surface area contributed by atoms with E-state index >= 15 is 0 Å². The van der Waals surface area contributed by atoms with E-state index < -0.39 is 27.3 Å². The molecule has 1 aromatic rings. The molecule has 0 saturated carbocycles. The van der Waals surface area contributed by atoms with Crippen LogP contribution in [0.1, 0.15) is 26.7 Å². The lowest BCUT2D eigenvalue weighted by molar-refractivity contribution is -0.139. The molecule has 1 amide bonds. The highest BCUT2D eigenvalue weighted by Gasteiger charge is 2.25. The van der Waals surface area contributed by atoms with Crippen LogP contribution in [0, 0.1) is 5.41 Å². The first-order valence-corrected chi connectivity index (χ1v) is 7.83. The Morgan fingerprint density at radius 3 is 2.36 bits per heavy atom. The molecule has 0 aromatic heterocycles. The lowest BCUT2D eigenvalue weighted by Crippen LogP contribution is -2.25. The topological polar surface area (TPSA) is 147 Å². The molecule has 0 fully saturated rings. The first-order chi connectivity index (χ1) is 9.90. The molecule has 9 heteroatoms. The van der Waals surface area contributed by atoms with Crippen molar-refractivity contribution in [1.82, 2.24) is 0 Å². The van der Waals surface area contributed by atoms with Crippen molar-refractivity contribution in [2.24, 2.45) is 10.6 Å². The van der Waals surface area contributed by atoms with Gasteiger partial charge in [-0.1, -0.05) is 13.8 Å². The molecule has 0 aliphatic carbocycles. The maximum atomic E-state index is 11.9. The van der Waals surface area contributed by atoms with E-state index in [-0.39, 0.29) is 29.2 Å². The Morgan fingerprint density at radius 2 is 1.86 bits per heavy atom. The molecular formula is C13H18N2O6S. The zero-order valence-corrected chi connectivity index (χ0v) is 13.0. The molecule has 122 valence electrons. The van der Waals surface area contributed by atoms with Gasteiger partial charge in [0.25, 0.3) is 0 Å². The number of hydrogen-bond donors (Lipinski definition) is 4. The summed E-state index contributed by atoms with van der Waals surface area (Å²) < 4.78 is 22.5. The van der Waals surface area contributed by atoms with Crippen LogP contribution in [0.4, 0.5) is 5.69 Å². The van der Waals surface area contributed by atoms with Crippen LogP contribution >= 0.6 is 0 Å². The zero-order chi connectivity index (χ0) is 17.1. The van der Waals surface area contributed by atoms with E-state index in [1.165, 1.54) is 0 Å². The van der Waals surface area contributed by atoms with Crippen LogP contribution in [0.5, 0.6) is 5.75 Å². The Bertz CT molecular complexity index is 696. The highest BCUT2D eigenvalue weighted by molar-refractivity contribution is 7.89. The van der Waals surface area contributed by atoms with E-state index in [2.05, 4.69) is 5.32 Å². The molecule has 0 aliphatic rings. The second kappa shape index (κ2) is 6.32. The summed E-state index contributed by atoms with van der Waals surface area (Å²) in [6.45, 7) is 3.22. The number of sulfonamides is 1. The molecule has 0 bridgehead atoms. The number of primary sulfonamides is 1. The van der Waals surface area contributed by atoms with Crippen molar-refractivity contribution in [2.45, 2.75) is 31.6 Å². The Labute approximate surface area is 128 Å². The monoisotopic (exact) mass is 330 g/mol. The average Bonchev–Trinajstić information content (AvgIpc) is 2.27. The number of carboxylic acids is 1. The van der Waals surface area contributed by atoms with E-state index in [1.807, 2.05) is 0 Å². The number of nitrogens with one attached hydrogen (secondary N) is 1. The van der Waals surface area contributed by atoms with Crippen LogP contribution in [-0.4, -0.2) is 30.5 Å². The van der Waals surface area contributed by atoms with Crippen molar-refractivity contribution in [3.05, 3.63) is 18.2 Å². The van der Waals surface area contributed by atoms with Crippen LogP contribution < -0.4 is 10.5 Å². The van der Waals surface area contributed by atoms with E-state index in [9.17, 15) is 23.1 Å². The maximum absolute atomic E-state index is 11.9. The van der Waals surface area contributed by atoms with Crippen LogP contribution in [-0.2, 0) is 19.6 Å². The minimum Gasteiger partial charge on any atom is -0.506 e. The van der Waals surface area contributed by atoms with E-state index in [4.69, 9.17) is 10.2 Å². The molecule has 8 nitrogen and oxygen atoms in total. The number of aliphatic carboxylic acids is 1. The molecule has 0 spiro atoms. The molecule has 0 saturated heterocycles. The van der Waals surface area contributed by atoms with Crippen molar-refractivity contribution < 1.29 is 28.2 Å². The van der Waals surface area contributed by atoms with Gasteiger partial charge >= 0.3 is 5.97 Å². The number of carbonyl (C=O) groups excluding carboxylic acids is 1. The number of amides is 1. The second-order valence-electron chi connectivity index (χ2n) is 5.68. The second-order valence-corrected chi connectivity index (χ2v) is 7.25. The zero-order valence-electron chi connectivity index (χ0n) is 12.2. The summed E-state index contributed by atoms with van der Waals surface area (Å²) in [5, 5.41) is 25.7. The summed E-state index contributed by atoms with van der Waals surface area (Å²) in [4.78, 5) is 22.4. The van der Waals surface area contributed by atoms with Gasteiger partial charge in [0, 0.05) is 6.42 Å². The summed E-state index contributed by atoms with van der Waals surface area (Å²) in [6, 6.07) is 3.24. The lowest BCUT2D eigenvalue weighted by Gasteiger charge is -2.21. The largest absolute Gasteiger partial charge is 0.506 e. The SMILES string of the molecule is CC(C)(CC(=O)O)CC(=O)Nc1cc(S(N)(=O)=O)ccc1O. The van der Waals surface area contributed by atoms with Crippen molar-refractivity contribution in [3.63, 3.8) is 0 Å². The van der Waals surface area contributed by atoms with Crippen LogP contribution in [0.2, 0.25) is 0 Å². The van der Waals surface area contributed by atoms with Gasteiger partial charge in [-0.05, 0) is 23.6 Å². The fourth-order valence-electron chi connectivity index (χ4n) is 1.89. The van der Waals surface area contributed by atoms with Gasteiger partial charge in [0.15, 0.2) is 0 Å². The first-order valence-electron chi connectivity index (χ1n) is 6.28. The number of rotatable bonds is 6.